The van der Waals surface area contributed by atoms with Crippen molar-refractivity contribution in [3.8, 4) is 67.4 Å². The number of benzene rings is 8. The molecular formula is C51H33N3. The molecule has 3 heteroatoms. The van der Waals surface area contributed by atoms with Gasteiger partial charge in [-0.05, 0) is 39.6 Å². The van der Waals surface area contributed by atoms with Crippen molar-refractivity contribution in [1.29, 1.82) is 0 Å². The van der Waals surface area contributed by atoms with E-state index in [2.05, 4.69) is 164 Å². The minimum absolute atomic E-state index is 0.712. The Balaban J connectivity index is 1.08. The second-order valence-corrected chi connectivity index (χ2v) is 13.6. The van der Waals surface area contributed by atoms with Crippen LogP contribution in [0.15, 0.2) is 200 Å². The Kier molecular flexibility index (Phi) is 7.81. The maximum atomic E-state index is 5.45. The molecule has 2 heterocycles. The van der Waals surface area contributed by atoms with E-state index < -0.39 is 0 Å². The summed E-state index contributed by atoms with van der Waals surface area (Å²) in [5.74, 6) is 0.712. The molecule has 8 aromatic carbocycles. The first kappa shape index (κ1) is 31.5. The topological polar surface area (TPSA) is 38.7 Å². The van der Waals surface area contributed by atoms with Crippen molar-refractivity contribution in [3.63, 3.8) is 0 Å². The van der Waals surface area contributed by atoms with Gasteiger partial charge in [0.1, 0.15) is 0 Å². The molecule has 2 aromatic heterocycles. The van der Waals surface area contributed by atoms with E-state index >= 15 is 0 Å². The Bertz CT molecular complexity index is 2900. The van der Waals surface area contributed by atoms with Crippen molar-refractivity contribution in [2.45, 2.75) is 0 Å². The van der Waals surface area contributed by atoms with Crippen molar-refractivity contribution in [3.05, 3.63) is 200 Å². The highest BCUT2D eigenvalue weighted by Crippen LogP contribution is 2.40. The molecule has 0 aliphatic carbocycles. The highest BCUT2D eigenvalue weighted by molar-refractivity contribution is 6.23. The molecule has 10 rings (SSSR count). The molecule has 0 unspecified atom stereocenters. The monoisotopic (exact) mass is 687 g/mol. The summed E-state index contributed by atoms with van der Waals surface area (Å²) in [5.41, 5.74) is 12.5. The zero-order valence-corrected chi connectivity index (χ0v) is 29.4. The molecular weight excluding hydrogens is 655 g/mol. The summed E-state index contributed by atoms with van der Waals surface area (Å²) in [6, 6.07) is 70.3. The van der Waals surface area contributed by atoms with Gasteiger partial charge in [0.15, 0.2) is 5.82 Å². The number of rotatable bonds is 6. The summed E-state index contributed by atoms with van der Waals surface area (Å²) >= 11 is 0. The van der Waals surface area contributed by atoms with Gasteiger partial charge in [-0.1, -0.05) is 188 Å². The Labute approximate surface area is 313 Å². The smallest absolute Gasteiger partial charge is 0.160 e. The molecule has 0 atom stereocenters. The minimum Gasteiger partial charge on any atom is -0.246 e. The van der Waals surface area contributed by atoms with Crippen LogP contribution in [0.4, 0.5) is 0 Å². The molecule has 0 fully saturated rings. The summed E-state index contributed by atoms with van der Waals surface area (Å²) in [4.78, 5) is 15.4. The molecule has 0 radical (unpaired) electrons. The average molecular weight is 688 g/mol. The van der Waals surface area contributed by atoms with E-state index in [4.69, 9.17) is 15.0 Å². The van der Waals surface area contributed by atoms with Gasteiger partial charge in [0.05, 0.1) is 22.6 Å². The van der Waals surface area contributed by atoms with Crippen LogP contribution < -0.4 is 0 Å². The molecule has 54 heavy (non-hydrogen) atoms. The maximum Gasteiger partial charge on any atom is 0.160 e. The molecule has 0 N–H and O–H groups in total. The Morgan fingerprint density at radius 2 is 0.852 bits per heavy atom. The van der Waals surface area contributed by atoms with Crippen LogP contribution in [0.1, 0.15) is 0 Å². The van der Waals surface area contributed by atoms with Crippen LogP contribution >= 0.6 is 0 Å². The highest BCUT2D eigenvalue weighted by atomic mass is 14.9. The molecule has 0 aliphatic heterocycles. The number of nitrogens with zero attached hydrogens (tertiary/aromatic N) is 3. The third-order valence-electron chi connectivity index (χ3n) is 10.3. The summed E-state index contributed by atoms with van der Waals surface area (Å²) in [7, 11) is 0. The van der Waals surface area contributed by atoms with E-state index in [0.717, 1.165) is 77.9 Å². The number of hydrogen-bond donors (Lipinski definition) is 0. The highest BCUT2D eigenvalue weighted by Gasteiger charge is 2.17. The van der Waals surface area contributed by atoms with Gasteiger partial charge in [0.2, 0.25) is 0 Å². The normalized spacial score (nSPS) is 11.3. The molecule has 0 saturated carbocycles. The molecule has 0 saturated heterocycles. The van der Waals surface area contributed by atoms with Crippen LogP contribution in [-0.4, -0.2) is 15.0 Å². The molecule has 3 nitrogen and oxygen atoms in total. The first-order chi connectivity index (χ1) is 26.8. The molecule has 0 spiro atoms. The van der Waals surface area contributed by atoms with Crippen LogP contribution in [0.3, 0.4) is 0 Å². The van der Waals surface area contributed by atoms with E-state index in [9.17, 15) is 0 Å². The van der Waals surface area contributed by atoms with Crippen LogP contribution in [0.25, 0.3) is 99.9 Å². The first-order valence-electron chi connectivity index (χ1n) is 18.3. The van der Waals surface area contributed by atoms with Crippen molar-refractivity contribution >= 4 is 32.4 Å². The van der Waals surface area contributed by atoms with Crippen molar-refractivity contribution in [2.75, 3.05) is 0 Å². The summed E-state index contributed by atoms with van der Waals surface area (Å²) in [6.07, 6.45) is 0. The summed E-state index contributed by atoms with van der Waals surface area (Å²) in [5, 5.41) is 6.02. The largest absolute Gasteiger partial charge is 0.246 e. The zero-order chi connectivity index (χ0) is 35.8. The van der Waals surface area contributed by atoms with Crippen LogP contribution in [0.2, 0.25) is 0 Å². The Morgan fingerprint density at radius 1 is 0.296 bits per heavy atom. The third-order valence-corrected chi connectivity index (χ3v) is 10.3. The van der Waals surface area contributed by atoms with Gasteiger partial charge in [0, 0.05) is 44.0 Å². The second-order valence-electron chi connectivity index (χ2n) is 13.6. The van der Waals surface area contributed by atoms with Gasteiger partial charge >= 0.3 is 0 Å². The van der Waals surface area contributed by atoms with Gasteiger partial charge in [-0.2, -0.15) is 0 Å². The molecule has 10 aromatic rings. The van der Waals surface area contributed by atoms with Crippen molar-refractivity contribution < 1.29 is 0 Å². The third kappa shape index (κ3) is 5.69. The molecule has 0 bridgehead atoms. The van der Waals surface area contributed by atoms with Gasteiger partial charge in [-0.3, -0.25) is 0 Å². The average Bonchev–Trinajstić information content (AvgIpc) is 3.26. The lowest BCUT2D eigenvalue weighted by molar-refractivity contribution is 1.18. The fourth-order valence-corrected chi connectivity index (χ4v) is 7.61. The fourth-order valence-electron chi connectivity index (χ4n) is 7.61. The van der Waals surface area contributed by atoms with Gasteiger partial charge < -0.3 is 0 Å². The number of aromatic nitrogens is 3. The predicted octanol–water partition coefficient (Wildman–Crippen LogP) is 13.3. The van der Waals surface area contributed by atoms with E-state index in [1.165, 1.54) is 16.2 Å². The SMILES string of the molecule is c1ccc(-c2cc(-c3ccc(-c4cccc(-c5cccc6c5nc(-c5ccccc5)c5ccc7ccccc7c56)c4)cc3)nc(-c3ccccc3)n2)cc1. The van der Waals surface area contributed by atoms with E-state index in [-0.39, 0.29) is 0 Å². The van der Waals surface area contributed by atoms with E-state index in [0.29, 0.717) is 5.82 Å². The van der Waals surface area contributed by atoms with Crippen molar-refractivity contribution in [1.82, 2.24) is 15.0 Å². The van der Waals surface area contributed by atoms with Crippen LogP contribution in [-0.2, 0) is 0 Å². The Morgan fingerprint density at radius 3 is 1.59 bits per heavy atom. The quantitative estimate of drug-likeness (QED) is 0.163. The van der Waals surface area contributed by atoms with Gasteiger partial charge in [0.25, 0.3) is 0 Å². The van der Waals surface area contributed by atoms with Gasteiger partial charge in [-0.25, -0.2) is 15.0 Å². The maximum absolute atomic E-state index is 5.45. The summed E-state index contributed by atoms with van der Waals surface area (Å²) < 4.78 is 0. The molecule has 252 valence electrons. The Hall–Kier alpha value is -7.23. The lowest BCUT2D eigenvalue weighted by Gasteiger charge is -2.15. The zero-order valence-electron chi connectivity index (χ0n) is 29.4. The van der Waals surface area contributed by atoms with Gasteiger partial charge in [-0.15, -0.1) is 0 Å². The fraction of sp³-hybridized carbons (Fsp3) is 0. The first-order valence-corrected chi connectivity index (χ1v) is 18.3. The van der Waals surface area contributed by atoms with Crippen LogP contribution in [0, 0.1) is 0 Å². The standard InChI is InChI=1S/C51H33N3/c1-4-15-36(16-5-1)46-33-47(53-51(52-46)39-19-8-3-9-20-39)37-28-26-34(27-29-37)40-21-12-22-41(32-40)43-24-13-25-44-48-42-23-11-10-14-35(42)30-31-45(48)49(54-50(43)44)38-17-6-2-7-18-38/h1-33H. The minimum atomic E-state index is 0.712. The second kappa shape index (κ2) is 13.4. The molecule has 0 aliphatic rings. The van der Waals surface area contributed by atoms with Crippen LogP contribution in [0.5, 0.6) is 0 Å². The summed E-state index contributed by atoms with van der Waals surface area (Å²) in [6.45, 7) is 0. The number of pyridine rings is 1. The number of fused-ring (bicyclic) bond motifs is 5. The predicted molar refractivity (Wildman–Crippen MR) is 225 cm³/mol. The molecule has 0 amide bonds. The van der Waals surface area contributed by atoms with E-state index in [1.54, 1.807) is 0 Å². The van der Waals surface area contributed by atoms with Crippen molar-refractivity contribution in [2.24, 2.45) is 0 Å². The number of hydrogen-bond acceptors (Lipinski definition) is 3. The lowest BCUT2D eigenvalue weighted by atomic mass is 9.92. The lowest BCUT2D eigenvalue weighted by Crippen LogP contribution is -1.95. The van der Waals surface area contributed by atoms with E-state index in [1.807, 2.05) is 36.4 Å². The number of para-hydroxylation sites is 1.